The summed E-state index contributed by atoms with van der Waals surface area (Å²) in [6.07, 6.45) is 0. The molecule has 0 aromatic carbocycles. The molecule has 2 aromatic heterocycles. The summed E-state index contributed by atoms with van der Waals surface area (Å²) in [5.74, 6) is 1.49. The molecule has 8 heteroatoms. The lowest BCUT2D eigenvalue weighted by Gasteiger charge is -2.02. The Hall–Kier alpha value is -1.05. The number of nitrogens with two attached hydrogens (primary N) is 1. The fourth-order valence-corrected chi connectivity index (χ4v) is 2.96. The number of rotatable bonds is 4. The third-order valence-corrected chi connectivity index (χ3v) is 4.24. The van der Waals surface area contributed by atoms with E-state index in [4.69, 9.17) is 17.3 Å². The zero-order valence-electron chi connectivity index (χ0n) is 10.5. The van der Waals surface area contributed by atoms with Crippen molar-refractivity contribution in [1.29, 1.82) is 0 Å². The summed E-state index contributed by atoms with van der Waals surface area (Å²) in [6, 6.07) is 0. The van der Waals surface area contributed by atoms with Crippen molar-refractivity contribution >= 4 is 23.4 Å². The molecule has 2 N–H and O–H groups in total. The topological polar surface area (TPSA) is 74.6 Å². The van der Waals surface area contributed by atoms with E-state index < -0.39 is 0 Å². The van der Waals surface area contributed by atoms with Crippen molar-refractivity contribution in [2.75, 3.05) is 0 Å². The molecule has 0 atom stereocenters. The van der Waals surface area contributed by atoms with E-state index in [1.165, 1.54) is 0 Å². The lowest BCUT2D eigenvalue weighted by molar-refractivity contribution is 0.734. The van der Waals surface area contributed by atoms with E-state index >= 15 is 0 Å². The van der Waals surface area contributed by atoms with Gasteiger partial charge in [0.2, 0.25) is 0 Å². The van der Waals surface area contributed by atoms with E-state index in [1.807, 2.05) is 25.6 Å². The molecule has 0 spiro atoms. The molecule has 0 aliphatic carbocycles. The molecular weight excluding hydrogens is 272 g/mol. The summed E-state index contributed by atoms with van der Waals surface area (Å²) in [4.78, 5) is 0. The molecule has 2 aromatic rings. The molecule has 0 fully saturated rings. The molecule has 0 amide bonds. The Bertz CT molecular complexity index is 561. The van der Waals surface area contributed by atoms with E-state index in [0.717, 1.165) is 28.0 Å². The minimum absolute atomic E-state index is 0.386. The minimum atomic E-state index is 0.386. The Kier molecular flexibility index (Phi) is 3.94. The zero-order valence-corrected chi connectivity index (χ0v) is 12.1. The molecule has 98 valence electrons. The molecule has 0 radical (unpaired) electrons. The Balaban J connectivity index is 2.14. The van der Waals surface area contributed by atoms with E-state index in [9.17, 15) is 0 Å². The van der Waals surface area contributed by atoms with Crippen molar-refractivity contribution in [3.05, 3.63) is 22.2 Å². The molecular formula is C10H15ClN6S. The molecule has 0 saturated heterocycles. The van der Waals surface area contributed by atoms with Crippen LogP contribution in [0.4, 0.5) is 0 Å². The normalized spacial score (nSPS) is 11.2. The fraction of sp³-hybridized carbons (Fsp3) is 0.500. The quantitative estimate of drug-likeness (QED) is 0.857. The van der Waals surface area contributed by atoms with Gasteiger partial charge in [0.15, 0.2) is 5.16 Å². The van der Waals surface area contributed by atoms with Gasteiger partial charge in [0.1, 0.15) is 11.0 Å². The molecule has 18 heavy (non-hydrogen) atoms. The van der Waals surface area contributed by atoms with Gasteiger partial charge < -0.3 is 10.3 Å². The van der Waals surface area contributed by atoms with E-state index in [0.29, 0.717) is 11.7 Å². The lowest BCUT2D eigenvalue weighted by Crippen LogP contribution is -2.05. The van der Waals surface area contributed by atoms with Gasteiger partial charge >= 0.3 is 0 Å². The van der Waals surface area contributed by atoms with Gasteiger partial charge in [0.25, 0.3) is 0 Å². The van der Waals surface area contributed by atoms with Crippen molar-refractivity contribution in [3.8, 4) is 0 Å². The minimum Gasteiger partial charge on any atom is -0.324 e. The van der Waals surface area contributed by atoms with Crippen LogP contribution in [-0.4, -0.2) is 24.5 Å². The predicted octanol–water partition coefficient (Wildman–Crippen LogP) is 1.26. The summed E-state index contributed by atoms with van der Waals surface area (Å²) in [7, 11) is 3.74. The van der Waals surface area contributed by atoms with Crippen molar-refractivity contribution in [1.82, 2.24) is 24.5 Å². The van der Waals surface area contributed by atoms with Crippen molar-refractivity contribution < 1.29 is 0 Å². The first-order valence-electron chi connectivity index (χ1n) is 5.43. The molecule has 2 heterocycles. The average Bonchev–Trinajstić information content (AvgIpc) is 2.80. The number of hydrogen-bond donors (Lipinski definition) is 1. The Morgan fingerprint density at radius 1 is 1.33 bits per heavy atom. The molecule has 0 bridgehead atoms. The molecule has 0 aliphatic heterocycles. The average molecular weight is 287 g/mol. The summed E-state index contributed by atoms with van der Waals surface area (Å²) in [5.41, 5.74) is 7.53. The van der Waals surface area contributed by atoms with Crippen LogP contribution in [0.2, 0.25) is 5.15 Å². The standard InChI is InChI=1S/C10H15ClN6S/c1-6-7(9(11)17(3)15-6)5-18-10-14-13-8(4-12)16(10)2/h4-5,12H2,1-3H3. The number of aryl methyl sites for hydroxylation is 2. The van der Waals surface area contributed by atoms with Crippen LogP contribution in [0.3, 0.4) is 0 Å². The third kappa shape index (κ3) is 2.38. The van der Waals surface area contributed by atoms with Gasteiger partial charge in [0, 0.05) is 25.4 Å². The number of hydrogen-bond acceptors (Lipinski definition) is 5. The molecule has 2 rings (SSSR count). The first-order chi connectivity index (χ1) is 8.54. The van der Waals surface area contributed by atoms with Crippen LogP contribution < -0.4 is 5.73 Å². The van der Waals surface area contributed by atoms with Crippen LogP contribution in [0.15, 0.2) is 5.16 Å². The van der Waals surface area contributed by atoms with Crippen LogP contribution in [0.1, 0.15) is 17.1 Å². The lowest BCUT2D eigenvalue weighted by atomic mass is 10.3. The Morgan fingerprint density at radius 2 is 2.06 bits per heavy atom. The van der Waals surface area contributed by atoms with Gasteiger partial charge in [-0.05, 0) is 6.92 Å². The fourth-order valence-electron chi connectivity index (χ4n) is 1.62. The van der Waals surface area contributed by atoms with Gasteiger partial charge in [-0.25, -0.2) is 0 Å². The maximum atomic E-state index is 6.18. The van der Waals surface area contributed by atoms with Gasteiger partial charge in [-0.2, -0.15) is 5.10 Å². The highest BCUT2D eigenvalue weighted by atomic mass is 35.5. The van der Waals surface area contributed by atoms with Gasteiger partial charge in [0.05, 0.1) is 12.2 Å². The summed E-state index contributed by atoms with van der Waals surface area (Å²) < 4.78 is 3.57. The zero-order chi connectivity index (χ0) is 13.3. The third-order valence-electron chi connectivity index (χ3n) is 2.72. The van der Waals surface area contributed by atoms with E-state index in [1.54, 1.807) is 16.4 Å². The maximum Gasteiger partial charge on any atom is 0.191 e. The Labute approximate surface area is 115 Å². The molecule has 0 aliphatic rings. The SMILES string of the molecule is Cc1nn(C)c(Cl)c1CSc1nnc(CN)n1C. The van der Waals surface area contributed by atoms with Crippen LogP contribution in [0, 0.1) is 6.92 Å². The molecule has 6 nitrogen and oxygen atoms in total. The van der Waals surface area contributed by atoms with Crippen LogP contribution in [-0.2, 0) is 26.4 Å². The second kappa shape index (κ2) is 5.29. The Morgan fingerprint density at radius 3 is 2.56 bits per heavy atom. The van der Waals surface area contributed by atoms with Crippen LogP contribution in [0.5, 0.6) is 0 Å². The summed E-state index contributed by atoms with van der Waals surface area (Å²) in [5, 5.41) is 13.9. The van der Waals surface area contributed by atoms with Gasteiger partial charge in [-0.3, -0.25) is 4.68 Å². The van der Waals surface area contributed by atoms with E-state index in [-0.39, 0.29) is 0 Å². The van der Waals surface area contributed by atoms with Crippen LogP contribution in [0.25, 0.3) is 0 Å². The van der Waals surface area contributed by atoms with Crippen LogP contribution >= 0.6 is 23.4 Å². The molecule has 0 saturated carbocycles. The van der Waals surface area contributed by atoms with Crippen molar-refractivity contribution in [2.45, 2.75) is 24.4 Å². The first-order valence-corrected chi connectivity index (χ1v) is 6.80. The highest BCUT2D eigenvalue weighted by molar-refractivity contribution is 7.98. The summed E-state index contributed by atoms with van der Waals surface area (Å²) >= 11 is 7.75. The maximum absolute atomic E-state index is 6.18. The monoisotopic (exact) mass is 286 g/mol. The second-order valence-electron chi connectivity index (χ2n) is 3.93. The van der Waals surface area contributed by atoms with Gasteiger partial charge in [-0.15, -0.1) is 10.2 Å². The van der Waals surface area contributed by atoms with E-state index in [2.05, 4.69) is 15.3 Å². The number of halogens is 1. The summed E-state index contributed by atoms with van der Waals surface area (Å²) in [6.45, 7) is 2.33. The number of thioether (sulfide) groups is 1. The highest BCUT2D eigenvalue weighted by Crippen LogP contribution is 2.27. The number of nitrogens with zero attached hydrogens (tertiary/aromatic N) is 5. The highest BCUT2D eigenvalue weighted by Gasteiger charge is 2.14. The van der Waals surface area contributed by atoms with Crippen molar-refractivity contribution in [2.24, 2.45) is 19.8 Å². The van der Waals surface area contributed by atoms with Crippen molar-refractivity contribution in [3.63, 3.8) is 0 Å². The first kappa shape index (κ1) is 13.4. The number of aromatic nitrogens is 5. The second-order valence-corrected chi connectivity index (χ2v) is 5.23. The predicted molar refractivity (Wildman–Crippen MR) is 71.4 cm³/mol. The smallest absolute Gasteiger partial charge is 0.191 e. The molecule has 0 unspecified atom stereocenters. The largest absolute Gasteiger partial charge is 0.324 e. The van der Waals surface area contributed by atoms with Gasteiger partial charge in [-0.1, -0.05) is 23.4 Å².